The largest absolute Gasteiger partial charge is 0.319 e. The van der Waals surface area contributed by atoms with Crippen molar-refractivity contribution in [3.63, 3.8) is 0 Å². The fourth-order valence-corrected chi connectivity index (χ4v) is 3.47. The molecule has 1 saturated carbocycles. The van der Waals surface area contributed by atoms with E-state index in [-0.39, 0.29) is 0 Å². The van der Waals surface area contributed by atoms with Gasteiger partial charge in [-0.1, -0.05) is 12.8 Å². The molecule has 1 aromatic heterocycles. The van der Waals surface area contributed by atoms with Gasteiger partial charge in [-0.15, -0.1) is 0 Å². The van der Waals surface area contributed by atoms with E-state index in [0.717, 1.165) is 18.9 Å². The molecular weight excluding hydrogens is 266 g/mol. The van der Waals surface area contributed by atoms with Crippen LogP contribution in [-0.2, 0) is 13.5 Å². The zero-order valence-corrected chi connectivity index (χ0v) is 11.7. The summed E-state index contributed by atoms with van der Waals surface area (Å²) in [6.07, 6.45) is 6.38. The average molecular weight is 286 g/mol. The van der Waals surface area contributed by atoms with E-state index in [1.807, 2.05) is 7.05 Å². The zero-order chi connectivity index (χ0) is 11.5. The first-order valence-electron chi connectivity index (χ1n) is 6.10. The number of aryl methyl sites for hydroxylation is 1. The van der Waals surface area contributed by atoms with Crippen molar-refractivity contribution in [3.8, 4) is 0 Å². The standard InChI is InChI=1S/C12H20BrN3/c1-14-8-7-10-11(13)12(16(2)15-10)9-5-3-4-6-9/h9,14H,3-8H2,1-2H3. The molecule has 0 unspecified atom stereocenters. The van der Waals surface area contributed by atoms with Crippen LogP contribution in [0.5, 0.6) is 0 Å². The van der Waals surface area contributed by atoms with Crippen molar-refractivity contribution in [1.29, 1.82) is 0 Å². The lowest BCUT2D eigenvalue weighted by Crippen LogP contribution is -2.11. The Morgan fingerprint density at radius 2 is 2.12 bits per heavy atom. The van der Waals surface area contributed by atoms with E-state index < -0.39 is 0 Å². The van der Waals surface area contributed by atoms with E-state index in [4.69, 9.17) is 0 Å². The Bertz CT molecular complexity index is 353. The fraction of sp³-hybridized carbons (Fsp3) is 0.750. The summed E-state index contributed by atoms with van der Waals surface area (Å²) in [6, 6.07) is 0. The summed E-state index contributed by atoms with van der Waals surface area (Å²) in [5, 5.41) is 7.79. The second-order valence-corrected chi connectivity index (χ2v) is 5.40. The third-order valence-electron chi connectivity index (χ3n) is 3.45. The molecule has 1 aromatic rings. The number of likely N-dealkylation sites (N-methyl/N-ethyl adjacent to an activating group) is 1. The van der Waals surface area contributed by atoms with Crippen molar-refractivity contribution in [3.05, 3.63) is 15.9 Å². The van der Waals surface area contributed by atoms with E-state index in [0.29, 0.717) is 0 Å². The maximum atomic E-state index is 4.62. The Balaban J connectivity index is 2.20. The first-order valence-corrected chi connectivity index (χ1v) is 6.89. The molecule has 0 spiro atoms. The highest BCUT2D eigenvalue weighted by atomic mass is 79.9. The number of hydrogen-bond donors (Lipinski definition) is 1. The predicted octanol–water partition coefficient (Wildman–Crippen LogP) is 2.60. The predicted molar refractivity (Wildman–Crippen MR) is 69.7 cm³/mol. The van der Waals surface area contributed by atoms with Gasteiger partial charge in [-0.25, -0.2) is 0 Å². The number of hydrogen-bond acceptors (Lipinski definition) is 2. The second-order valence-electron chi connectivity index (χ2n) is 4.60. The molecule has 0 radical (unpaired) electrons. The summed E-state index contributed by atoms with van der Waals surface area (Å²) in [7, 11) is 4.05. The van der Waals surface area contributed by atoms with Gasteiger partial charge in [-0.2, -0.15) is 5.10 Å². The molecule has 0 saturated heterocycles. The quantitative estimate of drug-likeness (QED) is 0.922. The second kappa shape index (κ2) is 5.32. The van der Waals surface area contributed by atoms with Crippen molar-refractivity contribution < 1.29 is 0 Å². The van der Waals surface area contributed by atoms with Gasteiger partial charge in [0.15, 0.2) is 0 Å². The van der Waals surface area contributed by atoms with E-state index >= 15 is 0 Å². The molecule has 16 heavy (non-hydrogen) atoms. The van der Waals surface area contributed by atoms with Gasteiger partial charge in [0.25, 0.3) is 0 Å². The molecule has 1 aliphatic rings. The first kappa shape index (κ1) is 12.1. The maximum Gasteiger partial charge on any atom is 0.0782 e. The average Bonchev–Trinajstić information content (AvgIpc) is 2.85. The van der Waals surface area contributed by atoms with Gasteiger partial charge >= 0.3 is 0 Å². The van der Waals surface area contributed by atoms with Crippen LogP contribution in [0, 0.1) is 0 Å². The van der Waals surface area contributed by atoms with Gasteiger partial charge in [0.2, 0.25) is 0 Å². The third kappa shape index (κ3) is 2.33. The summed E-state index contributed by atoms with van der Waals surface area (Å²) in [4.78, 5) is 0. The van der Waals surface area contributed by atoms with E-state index in [1.54, 1.807) is 0 Å². The van der Waals surface area contributed by atoms with Crippen LogP contribution in [0.2, 0.25) is 0 Å². The number of halogens is 1. The lowest BCUT2D eigenvalue weighted by molar-refractivity contribution is 0.611. The molecule has 4 heteroatoms. The molecule has 0 bridgehead atoms. The molecule has 0 aromatic carbocycles. The topological polar surface area (TPSA) is 29.9 Å². The highest BCUT2D eigenvalue weighted by Gasteiger charge is 2.24. The number of rotatable bonds is 4. The van der Waals surface area contributed by atoms with E-state index in [1.165, 1.54) is 41.5 Å². The van der Waals surface area contributed by atoms with Crippen LogP contribution in [0.15, 0.2) is 4.47 Å². The van der Waals surface area contributed by atoms with Gasteiger partial charge in [-0.3, -0.25) is 4.68 Å². The van der Waals surface area contributed by atoms with Crippen LogP contribution < -0.4 is 5.32 Å². The highest BCUT2D eigenvalue weighted by Crippen LogP contribution is 2.38. The molecule has 2 rings (SSSR count). The maximum absolute atomic E-state index is 4.62. The Labute approximate surface area is 106 Å². The number of aromatic nitrogens is 2. The molecule has 1 N–H and O–H groups in total. The molecule has 1 aliphatic carbocycles. The Morgan fingerprint density at radius 1 is 1.44 bits per heavy atom. The minimum Gasteiger partial charge on any atom is -0.319 e. The first-order chi connectivity index (χ1) is 7.74. The summed E-state index contributed by atoms with van der Waals surface area (Å²) < 4.78 is 3.32. The third-order valence-corrected chi connectivity index (χ3v) is 4.32. The van der Waals surface area contributed by atoms with Crippen molar-refractivity contribution in [2.24, 2.45) is 7.05 Å². The lowest BCUT2D eigenvalue weighted by Gasteiger charge is -2.09. The summed E-state index contributed by atoms with van der Waals surface area (Å²) in [5.74, 6) is 0.718. The summed E-state index contributed by atoms with van der Waals surface area (Å²) in [6.45, 7) is 0.986. The van der Waals surface area contributed by atoms with Crippen LogP contribution in [0.3, 0.4) is 0 Å². The highest BCUT2D eigenvalue weighted by molar-refractivity contribution is 9.10. The van der Waals surface area contributed by atoms with Crippen LogP contribution in [0.4, 0.5) is 0 Å². The van der Waals surface area contributed by atoms with Crippen molar-refractivity contribution in [2.75, 3.05) is 13.6 Å². The van der Waals surface area contributed by atoms with Crippen molar-refractivity contribution in [2.45, 2.75) is 38.0 Å². The van der Waals surface area contributed by atoms with Gasteiger partial charge < -0.3 is 5.32 Å². The fourth-order valence-electron chi connectivity index (χ4n) is 2.61. The Morgan fingerprint density at radius 3 is 2.75 bits per heavy atom. The number of nitrogens with zero attached hydrogens (tertiary/aromatic N) is 2. The van der Waals surface area contributed by atoms with Gasteiger partial charge in [0.05, 0.1) is 15.9 Å². The summed E-state index contributed by atoms with van der Waals surface area (Å²) >= 11 is 3.73. The normalized spacial score (nSPS) is 17.2. The van der Waals surface area contributed by atoms with Gasteiger partial charge in [0.1, 0.15) is 0 Å². The molecule has 90 valence electrons. The number of nitrogens with one attached hydrogen (secondary N) is 1. The van der Waals surface area contributed by atoms with Crippen LogP contribution >= 0.6 is 15.9 Å². The smallest absolute Gasteiger partial charge is 0.0782 e. The SMILES string of the molecule is CNCCc1nn(C)c(C2CCCC2)c1Br. The Hall–Kier alpha value is -0.350. The van der Waals surface area contributed by atoms with Crippen LogP contribution in [0.25, 0.3) is 0 Å². The minimum atomic E-state index is 0.718. The lowest BCUT2D eigenvalue weighted by atomic mass is 10.0. The monoisotopic (exact) mass is 285 g/mol. The zero-order valence-electron chi connectivity index (χ0n) is 10.1. The van der Waals surface area contributed by atoms with Crippen molar-refractivity contribution >= 4 is 15.9 Å². The van der Waals surface area contributed by atoms with Crippen molar-refractivity contribution in [1.82, 2.24) is 15.1 Å². The van der Waals surface area contributed by atoms with E-state index in [9.17, 15) is 0 Å². The van der Waals surface area contributed by atoms with E-state index in [2.05, 4.69) is 38.1 Å². The van der Waals surface area contributed by atoms with Crippen LogP contribution in [-0.4, -0.2) is 23.4 Å². The molecule has 1 fully saturated rings. The van der Waals surface area contributed by atoms with Gasteiger partial charge in [-0.05, 0) is 35.8 Å². The molecule has 0 aliphatic heterocycles. The molecule has 0 amide bonds. The molecule has 0 atom stereocenters. The molecule has 1 heterocycles. The Kier molecular flexibility index (Phi) is 4.03. The molecule has 3 nitrogen and oxygen atoms in total. The van der Waals surface area contributed by atoms with Crippen LogP contribution in [0.1, 0.15) is 43.0 Å². The minimum absolute atomic E-state index is 0.718. The van der Waals surface area contributed by atoms with Gasteiger partial charge in [0, 0.05) is 25.9 Å². The molecular formula is C12H20BrN3. The summed E-state index contributed by atoms with van der Waals surface area (Å²) in [5.41, 5.74) is 2.60.